The van der Waals surface area contributed by atoms with Gasteiger partial charge in [-0.2, -0.15) is 0 Å². The molecule has 0 bridgehead atoms. The normalized spacial score (nSPS) is 25.3. The number of hydrogen-bond acceptors (Lipinski definition) is 3. The Kier molecular flexibility index (Phi) is 2.01. The molecule has 1 aliphatic rings. The molecule has 0 spiro atoms. The van der Waals surface area contributed by atoms with Crippen molar-refractivity contribution < 1.29 is 4.74 Å². The lowest BCUT2D eigenvalue weighted by atomic mass is 9.98. The van der Waals surface area contributed by atoms with Gasteiger partial charge in [0.05, 0.1) is 6.61 Å². The van der Waals surface area contributed by atoms with Gasteiger partial charge in [-0.15, -0.1) is 0 Å². The minimum absolute atomic E-state index is 0.312. The lowest BCUT2D eigenvalue weighted by Crippen LogP contribution is -2.28. The molecule has 1 aliphatic heterocycles. The van der Waals surface area contributed by atoms with E-state index in [1.54, 1.807) is 11.8 Å². The molecule has 0 aliphatic carbocycles. The van der Waals surface area contributed by atoms with Crippen molar-refractivity contribution in [3.63, 3.8) is 0 Å². The topological polar surface area (TPSA) is 9.23 Å². The molecule has 0 amide bonds. The number of hydrogen-bond donors (Lipinski definition) is 0. The third-order valence-corrected chi connectivity index (χ3v) is 2.91. The summed E-state index contributed by atoms with van der Waals surface area (Å²) in [7, 11) is 0. The van der Waals surface area contributed by atoms with E-state index in [4.69, 9.17) is 17.0 Å². The van der Waals surface area contributed by atoms with E-state index in [-0.39, 0.29) is 0 Å². The molecule has 1 nitrogen and oxygen atoms in total. The van der Waals surface area contributed by atoms with E-state index in [2.05, 4.69) is 13.8 Å². The molecule has 0 saturated carbocycles. The van der Waals surface area contributed by atoms with Gasteiger partial charge >= 0.3 is 0 Å². The van der Waals surface area contributed by atoms with E-state index >= 15 is 0 Å². The molecule has 52 valence electrons. The molecular formula is C6H10OS2. The van der Waals surface area contributed by atoms with Crippen LogP contribution in [0.1, 0.15) is 13.8 Å². The highest BCUT2D eigenvalue weighted by atomic mass is 32.2. The van der Waals surface area contributed by atoms with E-state index in [0.29, 0.717) is 9.80 Å². The van der Waals surface area contributed by atoms with Gasteiger partial charge in [0.25, 0.3) is 0 Å². The van der Waals surface area contributed by atoms with Gasteiger partial charge in [0.15, 0.2) is 0 Å². The highest BCUT2D eigenvalue weighted by Gasteiger charge is 2.25. The van der Waals surface area contributed by atoms with Crippen LogP contribution < -0.4 is 0 Å². The molecule has 3 heteroatoms. The largest absolute Gasteiger partial charge is 0.478 e. The van der Waals surface area contributed by atoms with Gasteiger partial charge in [-0.05, 0) is 12.2 Å². The van der Waals surface area contributed by atoms with E-state index < -0.39 is 0 Å². The van der Waals surface area contributed by atoms with Crippen molar-refractivity contribution in [1.29, 1.82) is 0 Å². The Morgan fingerprint density at radius 2 is 2.33 bits per heavy atom. The van der Waals surface area contributed by atoms with Crippen molar-refractivity contribution in [3.8, 4) is 0 Å². The Morgan fingerprint density at radius 3 is 2.67 bits per heavy atom. The summed E-state index contributed by atoms with van der Waals surface area (Å²) in [4.78, 5) is 0. The van der Waals surface area contributed by atoms with E-state index in [1.165, 1.54) is 0 Å². The first-order chi connectivity index (χ1) is 4.10. The fraction of sp³-hybridized carbons (Fsp3) is 0.833. The maximum absolute atomic E-state index is 5.19. The second kappa shape index (κ2) is 2.46. The summed E-state index contributed by atoms with van der Waals surface area (Å²) < 4.78 is 5.89. The molecule has 9 heavy (non-hydrogen) atoms. The molecule has 0 atom stereocenters. The Labute approximate surface area is 65.2 Å². The molecule has 1 fully saturated rings. The average molecular weight is 162 g/mol. The second-order valence-electron chi connectivity index (χ2n) is 2.99. The summed E-state index contributed by atoms with van der Waals surface area (Å²) in [5.74, 6) is 1.09. The Balaban J connectivity index is 2.44. The third kappa shape index (κ3) is 2.14. The summed E-state index contributed by atoms with van der Waals surface area (Å²) >= 11 is 6.48. The quantitative estimate of drug-likeness (QED) is 0.505. The molecule has 1 rings (SSSR count). The van der Waals surface area contributed by atoms with Crippen LogP contribution >= 0.6 is 24.0 Å². The standard InChI is InChI=1S/C6H10OS2/c1-6(2)3-7-5(8)9-4-6/h3-4H2,1-2H3. The zero-order valence-electron chi connectivity index (χ0n) is 5.64. The summed E-state index contributed by atoms with van der Waals surface area (Å²) in [5, 5.41) is 0. The van der Waals surface area contributed by atoms with Crippen molar-refractivity contribution in [3.05, 3.63) is 0 Å². The zero-order valence-corrected chi connectivity index (χ0v) is 7.27. The van der Waals surface area contributed by atoms with Crippen LogP contribution in [0.25, 0.3) is 0 Å². The van der Waals surface area contributed by atoms with Gasteiger partial charge in [0, 0.05) is 11.2 Å². The minimum Gasteiger partial charge on any atom is -0.478 e. The number of ether oxygens (including phenoxy) is 1. The lowest BCUT2D eigenvalue weighted by Gasteiger charge is -2.28. The van der Waals surface area contributed by atoms with Gasteiger partial charge < -0.3 is 4.74 Å². The maximum Gasteiger partial charge on any atom is 0.220 e. The van der Waals surface area contributed by atoms with E-state index in [0.717, 1.165) is 12.4 Å². The fourth-order valence-corrected chi connectivity index (χ4v) is 1.56. The first-order valence-corrected chi connectivity index (χ1v) is 4.29. The molecule has 0 aromatic carbocycles. The van der Waals surface area contributed by atoms with Crippen molar-refractivity contribution in [2.75, 3.05) is 12.4 Å². The van der Waals surface area contributed by atoms with Crippen molar-refractivity contribution in [2.45, 2.75) is 13.8 Å². The summed E-state index contributed by atoms with van der Waals surface area (Å²) in [6, 6.07) is 0. The fourth-order valence-electron chi connectivity index (χ4n) is 0.592. The monoisotopic (exact) mass is 162 g/mol. The van der Waals surface area contributed by atoms with Crippen molar-refractivity contribution in [2.24, 2.45) is 5.41 Å². The lowest BCUT2D eigenvalue weighted by molar-refractivity contribution is 0.194. The Hall–Kier alpha value is 0.240. The smallest absolute Gasteiger partial charge is 0.220 e. The van der Waals surface area contributed by atoms with Crippen LogP contribution in [-0.2, 0) is 4.74 Å². The summed E-state index contributed by atoms with van der Waals surface area (Å²) in [5.41, 5.74) is 0.312. The zero-order chi connectivity index (χ0) is 6.91. The third-order valence-electron chi connectivity index (χ3n) is 1.16. The van der Waals surface area contributed by atoms with E-state index in [1.807, 2.05) is 0 Å². The van der Waals surface area contributed by atoms with Gasteiger partial charge in [-0.25, -0.2) is 0 Å². The molecule has 0 unspecified atom stereocenters. The maximum atomic E-state index is 5.19. The second-order valence-corrected chi connectivity index (χ2v) is 4.57. The van der Waals surface area contributed by atoms with Crippen LogP contribution in [0.3, 0.4) is 0 Å². The minimum atomic E-state index is 0.312. The number of rotatable bonds is 0. The van der Waals surface area contributed by atoms with Crippen LogP contribution in [0.4, 0.5) is 0 Å². The van der Waals surface area contributed by atoms with Crippen LogP contribution in [0.2, 0.25) is 0 Å². The average Bonchev–Trinajstić information content (AvgIpc) is 1.78. The van der Waals surface area contributed by atoms with Gasteiger partial charge in [0.2, 0.25) is 4.38 Å². The SMILES string of the molecule is CC1(C)COC(=S)SC1. The highest BCUT2D eigenvalue weighted by Crippen LogP contribution is 2.28. The van der Waals surface area contributed by atoms with Crippen LogP contribution in [0.5, 0.6) is 0 Å². The predicted octanol–water partition coefficient (Wildman–Crippen LogP) is 2.06. The van der Waals surface area contributed by atoms with Gasteiger partial charge in [-0.1, -0.05) is 25.6 Å². The van der Waals surface area contributed by atoms with Crippen molar-refractivity contribution >= 4 is 28.4 Å². The van der Waals surface area contributed by atoms with Gasteiger partial charge in [-0.3, -0.25) is 0 Å². The molecule has 0 radical (unpaired) electrons. The first-order valence-electron chi connectivity index (χ1n) is 2.90. The van der Waals surface area contributed by atoms with Crippen LogP contribution in [0.15, 0.2) is 0 Å². The van der Waals surface area contributed by atoms with Crippen LogP contribution in [0, 0.1) is 5.41 Å². The molecular weight excluding hydrogens is 152 g/mol. The summed E-state index contributed by atoms with van der Waals surface area (Å²) in [6.07, 6.45) is 0. The molecule has 0 aromatic rings. The number of thioether (sulfide) groups is 1. The summed E-state index contributed by atoms with van der Waals surface area (Å²) in [6.45, 7) is 5.14. The molecule has 1 saturated heterocycles. The number of thiocarbonyl (C=S) groups is 1. The van der Waals surface area contributed by atoms with Crippen molar-refractivity contribution in [1.82, 2.24) is 0 Å². The van der Waals surface area contributed by atoms with E-state index in [9.17, 15) is 0 Å². The molecule has 0 aromatic heterocycles. The Morgan fingerprint density at radius 1 is 1.67 bits per heavy atom. The predicted molar refractivity (Wildman–Crippen MR) is 44.8 cm³/mol. The first kappa shape index (κ1) is 7.35. The van der Waals surface area contributed by atoms with Gasteiger partial charge in [0.1, 0.15) is 0 Å². The van der Waals surface area contributed by atoms with Crippen LogP contribution in [-0.4, -0.2) is 16.7 Å². The highest BCUT2D eigenvalue weighted by molar-refractivity contribution is 8.22. The molecule has 1 heterocycles. The Bertz CT molecular complexity index is 119. The molecule has 0 N–H and O–H groups in total.